The molecule has 0 unspecified atom stereocenters. The van der Waals surface area contributed by atoms with Crippen molar-refractivity contribution in [1.29, 1.82) is 0 Å². The molecule has 0 aliphatic carbocycles. The Bertz CT molecular complexity index is 205. The fourth-order valence-corrected chi connectivity index (χ4v) is 0.742. The molecule has 0 fully saturated rings. The van der Waals surface area contributed by atoms with Gasteiger partial charge in [-0.2, -0.15) is 0 Å². The molecule has 0 rings (SSSR count). The third-order valence-electron chi connectivity index (χ3n) is 1.08. The first-order valence-electron chi connectivity index (χ1n) is 3.29. The number of carboxylic acid groups (broad SMARTS) is 3. The predicted octanol–water partition coefficient (Wildman–Crippen LogP) is -7.22. The molecular formula is C6H11K2NO6. The molecule has 0 bridgehead atoms. The Morgan fingerprint density at radius 2 is 1.00 bits per heavy atom. The van der Waals surface area contributed by atoms with E-state index in [0.29, 0.717) is 0 Å². The molecule has 0 atom stereocenters. The summed E-state index contributed by atoms with van der Waals surface area (Å²) in [5.41, 5.74) is 0. The van der Waals surface area contributed by atoms with Crippen LogP contribution in [0.2, 0.25) is 0 Å². The third kappa shape index (κ3) is 15.6. The van der Waals surface area contributed by atoms with Gasteiger partial charge in [0.1, 0.15) is 0 Å². The Hall–Kier alpha value is 1.64. The molecule has 15 heavy (non-hydrogen) atoms. The van der Waals surface area contributed by atoms with Crippen molar-refractivity contribution < 1.29 is 135 Å². The first-order valence-corrected chi connectivity index (χ1v) is 3.29. The Morgan fingerprint density at radius 3 is 1.13 bits per heavy atom. The summed E-state index contributed by atoms with van der Waals surface area (Å²) in [7, 11) is 0. The van der Waals surface area contributed by atoms with Crippen LogP contribution in [0.5, 0.6) is 0 Å². The second-order valence-electron chi connectivity index (χ2n) is 2.33. The number of carbonyl (C=O) groups is 3. The second kappa shape index (κ2) is 12.1. The van der Waals surface area contributed by atoms with Crippen molar-refractivity contribution in [2.75, 3.05) is 19.6 Å². The standard InChI is InChI=1S/C6H9NO6.2K.2H/c8-4(9)1-7(2-5(10)11)3-6(12)13;;;;/h1-3H2,(H,8,9)(H,10,11)(H,12,13);;;;/q;2*+1;2*-1. The van der Waals surface area contributed by atoms with Crippen LogP contribution in [-0.4, -0.2) is 57.8 Å². The molecule has 0 aliphatic heterocycles. The van der Waals surface area contributed by atoms with Gasteiger partial charge in [-0.15, -0.1) is 0 Å². The molecule has 0 aromatic carbocycles. The molecule has 0 heterocycles. The maximum Gasteiger partial charge on any atom is 1.00 e. The van der Waals surface area contributed by atoms with Gasteiger partial charge in [-0.25, -0.2) is 0 Å². The van der Waals surface area contributed by atoms with Crippen LogP contribution in [0, 0.1) is 0 Å². The van der Waals surface area contributed by atoms with E-state index in [-0.39, 0.29) is 106 Å². The Labute approximate surface area is 174 Å². The van der Waals surface area contributed by atoms with Crippen LogP contribution in [0.25, 0.3) is 0 Å². The van der Waals surface area contributed by atoms with E-state index in [4.69, 9.17) is 15.3 Å². The number of rotatable bonds is 6. The van der Waals surface area contributed by atoms with Gasteiger partial charge in [-0.3, -0.25) is 19.3 Å². The number of hydrogen-bond donors (Lipinski definition) is 3. The zero-order valence-electron chi connectivity index (χ0n) is 10.6. The average Bonchev–Trinajstić information content (AvgIpc) is 1.80. The van der Waals surface area contributed by atoms with Crippen LogP contribution in [-0.2, 0) is 14.4 Å². The molecule has 7 nitrogen and oxygen atoms in total. The maximum atomic E-state index is 10.1. The molecule has 0 aromatic heterocycles. The van der Waals surface area contributed by atoms with Gasteiger partial charge in [-0.1, -0.05) is 0 Å². The van der Waals surface area contributed by atoms with Crippen molar-refractivity contribution in [2.45, 2.75) is 0 Å². The third-order valence-corrected chi connectivity index (χ3v) is 1.08. The van der Waals surface area contributed by atoms with Crippen LogP contribution >= 0.6 is 0 Å². The van der Waals surface area contributed by atoms with Crippen LogP contribution < -0.4 is 103 Å². The van der Waals surface area contributed by atoms with Crippen molar-refractivity contribution >= 4 is 17.9 Å². The fourth-order valence-electron chi connectivity index (χ4n) is 0.742. The van der Waals surface area contributed by atoms with Gasteiger partial charge in [0.2, 0.25) is 0 Å². The minimum atomic E-state index is -1.26. The number of nitrogens with zero attached hydrogens (tertiary/aromatic N) is 1. The van der Waals surface area contributed by atoms with Crippen LogP contribution in [0.3, 0.4) is 0 Å². The van der Waals surface area contributed by atoms with E-state index >= 15 is 0 Å². The molecule has 0 radical (unpaired) electrons. The SMILES string of the molecule is O=C(O)CN(CC(=O)O)CC(=O)O.[H-].[H-].[K+].[K+]. The van der Waals surface area contributed by atoms with E-state index in [1.807, 2.05) is 0 Å². The Morgan fingerprint density at radius 1 is 0.800 bits per heavy atom. The normalized spacial score (nSPS) is 8.60. The molecule has 0 aromatic rings. The van der Waals surface area contributed by atoms with Gasteiger partial charge in [0.05, 0.1) is 19.6 Å². The summed E-state index contributed by atoms with van der Waals surface area (Å²) < 4.78 is 0. The summed E-state index contributed by atoms with van der Waals surface area (Å²) in [4.78, 5) is 31.2. The molecule has 3 N–H and O–H groups in total. The molecule has 0 aliphatic rings. The quantitative estimate of drug-likeness (QED) is 0.411. The Balaban J connectivity index is -0.000000120. The van der Waals surface area contributed by atoms with E-state index in [1.54, 1.807) is 0 Å². The van der Waals surface area contributed by atoms with Gasteiger partial charge in [0.25, 0.3) is 0 Å². The Kier molecular flexibility index (Phi) is 17.7. The first-order chi connectivity index (χ1) is 5.91. The molecule has 0 spiro atoms. The monoisotopic (exact) mass is 271 g/mol. The summed E-state index contributed by atoms with van der Waals surface area (Å²) in [6.07, 6.45) is 0. The first kappa shape index (κ1) is 21.9. The number of hydrogen-bond acceptors (Lipinski definition) is 4. The summed E-state index contributed by atoms with van der Waals surface area (Å²) in [6.45, 7) is -1.80. The van der Waals surface area contributed by atoms with Gasteiger partial charge in [0.15, 0.2) is 0 Å². The van der Waals surface area contributed by atoms with E-state index in [9.17, 15) is 14.4 Å². The van der Waals surface area contributed by atoms with Gasteiger partial charge >= 0.3 is 121 Å². The van der Waals surface area contributed by atoms with Crippen molar-refractivity contribution in [2.24, 2.45) is 0 Å². The summed E-state index contributed by atoms with van der Waals surface area (Å²) in [6, 6.07) is 0. The largest absolute Gasteiger partial charge is 1.00 e. The van der Waals surface area contributed by atoms with E-state index in [1.165, 1.54) is 0 Å². The van der Waals surface area contributed by atoms with Crippen molar-refractivity contribution in [3.05, 3.63) is 0 Å². The molecule has 9 heteroatoms. The molecule has 0 amide bonds. The minimum Gasteiger partial charge on any atom is -1.00 e. The maximum absolute atomic E-state index is 10.1. The molecule has 78 valence electrons. The zero-order valence-corrected chi connectivity index (χ0v) is 14.9. The number of carboxylic acids is 3. The van der Waals surface area contributed by atoms with Crippen LogP contribution in [0.4, 0.5) is 0 Å². The molecular weight excluding hydrogens is 260 g/mol. The predicted molar refractivity (Wildman–Crippen MR) is 41.6 cm³/mol. The van der Waals surface area contributed by atoms with E-state index in [2.05, 4.69) is 0 Å². The van der Waals surface area contributed by atoms with Crippen molar-refractivity contribution in [3.63, 3.8) is 0 Å². The molecule has 0 saturated carbocycles. The van der Waals surface area contributed by atoms with Gasteiger partial charge < -0.3 is 18.2 Å². The van der Waals surface area contributed by atoms with Crippen LogP contribution in [0.15, 0.2) is 0 Å². The second-order valence-corrected chi connectivity index (χ2v) is 2.33. The average molecular weight is 271 g/mol. The van der Waals surface area contributed by atoms with E-state index in [0.717, 1.165) is 4.90 Å². The van der Waals surface area contributed by atoms with Crippen molar-refractivity contribution in [1.82, 2.24) is 4.90 Å². The smallest absolute Gasteiger partial charge is 1.00 e. The van der Waals surface area contributed by atoms with Gasteiger partial charge in [-0.05, 0) is 0 Å². The topological polar surface area (TPSA) is 115 Å². The summed E-state index contributed by atoms with van der Waals surface area (Å²) in [5, 5.41) is 24.8. The van der Waals surface area contributed by atoms with Gasteiger partial charge in [0, 0.05) is 0 Å². The molecule has 0 saturated heterocycles. The fraction of sp³-hybridized carbons (Fsp3) is 0.500. The summed E-state index contributed by atoms with van der Waals surface area (Å²) in [5.74, 6) is -3.78. The van der Waals surface area contributed by atoms with Crippen molar-refractivity contribution in [3.8, 4) is 0 Å². The van der Waals surface area contributed by atoms with Crippen LogP contribution in [0.1, 0.15) is 2.85 Å². The number of aliphatic carboxylic acids is 3. The van der Waals surface area contributed by atoms with E-state index < -0.39 is 37.5 Å². The minimum absolute atomic E-state index is 0. The zero-order chi connectivity index (χ0) is 10.4. The summed E-state index contributed by atoms with van der Waals surface area (Å²) >= 11 is 0.